The van der Waals surface area contributed by atoms with Gasteiger partial charge in [-0.15, -0.1) is 11.8 Å². The van der Waals surface area contributed by atoms with Crippen molar-refractivity contribution in [1.82, 2.24) is 5.32 Å². The van der Waals surface area contributed by atoms with Crippen LogP contribution in [0.4, 0.5) is 11.4 Å². The molecule has 0 aromatic heterocycles. The van der Waals surface area contributed by atoms with Gasteiger partial charge in [-0.05, 0) is 92.4 Å². The molecule has 0 aliphatic heterocycles. The first-order valence-corrected chi connectivity index (χ1v) is 14.7. The van der Waals surface area contributed by atoms with Gasteiger partial charge in [0.2, 0.25) is 5.91 Å². The van der Waals surface area contributed by atoms with Crippen molar-refractivity contribution in [3.8, 4) is 0 Å². The van der Waals surface area contributed by atoms with Crippen LogP contribution < -0.4 is 16.0 Å². The molecule has 42 heavy (non-hydrogen) atoms. The molecule has 6 nitrogen and oxygen atoms in total. The third-order valence-corrected chi connectivity index (χ3v) is 8.05. The number of thioether (sulfide) groups is 1. The minimum absolute atomic E-state index is 0.0767. The lowest BCUT2D eigenvalue weighted by molar-refractivity contribution is -0.116. The van der Waals surface area contributed by atoms with E-state index < -0.39 is 5.91 Å². The zero-order valence-electron chi connectivity index (χ0n) is 24.2. The van der Waals surface area contributed by atoms with Crippen LogP contribution in [0.1, 0.15) is 46.0 Å². The topological polar surface area (TPSA) is 87.3 Å². The van der Waals surface area contributed by atoms with Gasteiger partial charge in [0.1, 0.15) is 5.70 Å². The summed E-state index contributed by atoms with van der Waals surface area (Å²) in [6.45, 7) is 8.00. The second kappa shape index (κ2) is 14.3. The maximum Gasteiger partial charge on any atom is 0.272 e. The molecule has 4 aromatic carbocycles. The molecular weight excluding hydrogens is 542 g/mol. The Morgan fingerprint density at radius 3 is 2.21 bits per heavy atom. The summed E-state index contributed by atoms with van der Waals surface area (Å²) in [6.07, 6.45) is 2.29. The molecule has 3 N–H and O–H groups in total. The number of carbonyl (C=O) groups excluding carboxylic acids is 3. The van der Waals surface area contributed by atoms with Crippen molar-refractivity contribution in [3.63, 3.8) is 0 Å². The Bertz CT molecular complexity index is 1620. The van der Waals surface area contributed by atoms with Crippen LogP contribution in [0.2, 0.25) is 0 Å². The highest BCUT2D eigenvalue weighted by Crippen LogP contribution is 2.29. The van der Waals surface area contributed by atoms with Crippen LogP contribution in [0.3, 0.4) is 0 Å². The first-order valence-electron chi connectivity index (χ1n) is 13.8. The number of carbonyl (C=O) groups is 3. The Balaban J connectivity index is 1.50. The molecule has 0 aliphatic rings. The molecular formula is C35H35N3O3S. The van der Waals surface area contributed by atoms with Crippen LogP contribution in [0.15, 0.2) is 108 Å². The lowest BCUT2D eigenvalue weighted by atomic mass is 10.1. The van der Waals surface area contributed by atoms with Gasteiger partial charge < -0.3 is 16.0 Å². The van der Waals surface area contributed by atoms with Crippen molar-refractivity contribution < 1.29 is 14.4 Å². The van der Waals surface area contributed by atoms with Crippen LogP contribution in [0.5, 0.6) is 0 Å². The fourth-order valence-electron chi connectivity index (χ4n) is 4.24. The second-order valence-corrected chi connectivity index (χ2v) is 11.4. The van der Waals surface area contributed by atoms with Gasteiger partial charge in [0.25, 0.3) is 11.8 Å². The van der Waals surface area contributed by atoms with Crippen LogP contribution in [-0.4, -0.2) is 23.0 Å². The zero-order valence-corrected chi connectivity index (χ0v) is 25.0. The lowest BCUT2D eigenvalue weighted by Crippen LogP contribution is -2.30. The average Bonchev–Trinajstić information content (AvgIpc) is 2.98. The molecule has 0 heterocycles. The number of rotatable bonds is 10. The molecule has 0 spiro atoms. The van der Waals surface area contributed by atoms with E-state index in [4.69, 9.17) is 0 Å². The monoisotopic (exact) mass is 577 g/mol. The van der Waals surface area contributed by atoms with E-state index >= 15 is 0 Å². The SMILES string of the molecule is CCC(Sc1cccc(NC(=O)/C(=C\c2cccc(C)c2)NC(=O)c2ccccc2)c1)C(=O)Nc1ccc(C)c(C)c1. The van der Waals surface area contributed by atoms with E-state index in [-0.39, 0.29) is 22.8 Å². The molecule has 1 atom stereocenters. The van der Waals surface area contributed by atoms with Gasteiger partial charge in [-0.25, -0.2) is 0 Å². The zero-order chi connectivity index (χ0) is 30.1. The van der Waals surface area contributed by atoms with Crippen molar-refractivity contribution in [2.75, 3.05) is 10.6 Å². The number of hydrogen-bond acceptors (Lipinski definition) is 4. The summed E-state index contributed by atoms with van der Waals surface area (Å²) in [5.74, 6) is -0.913. The Morgan fingerprint density at radius 2 is 1.50 bits per heavy atom. The highest BCUT2D eigenvalue weighted by Gasteiger charge is 2.19. The van der Waals surface area contributed by atoms with Gasteiger partial charge in [-0.1, -0.05) is 67.1 Å². The molecule has 0 saturated heterocycles. The largest absolute Gasteiger partial charge is 0.325 e. The number of aryl methyl sites for hydroxylation is 3. The van der Waals surface area contributed by atoms with E-state index in [9.17, 15) is 14.4 Å². The molecule has 0 radical (unpaired) electrons. The smallest absolute Gasteiger partial charge is 0.272 e. The summed E-state index contributed by atoms with van der Waals surface area (Å²) < 4.78 is 0. The average molecular weight is 578 g/mol. The third-order valence-electron chi connectivity index (χ3n) is 6.69. The van der Waals surface area contributed by atoms with E-state index in [0.29, 0.717) is 17.7 Å². The summed E-state index contributed by atoms with van der Waals surface area (Å²) in [4.78, 5) is 40.3. The Hall–Kier alpha value is -4.62. The summed E-state index contributed by atoms with van der Waals surface area (Å²) >= 11 is 1.44. The highest BCUT2D eigenvalue weighted by atomic mass is 32.2. The van der Waals surface area contributed by atoms with Crippen LogP contribution in [0.25, 0.3) is 6.08 Å². The van der Waals surface area contributed by atoms with Gasteiger partial charge in [0, 0.05) is 21.8 Å². The van der Waals surface area contributed by atoms with E-state index in [2.05, 4.69) is 16.0 Å². The molecule has 3 amide bonds. The predicted octanol–water partition coefficient (Wildman–Crippen LogP) is 7.53. The van der Waals surface area contributed by atoms with Crippen molar-refractivity contribution >= 4 is 46.9 Å². The van der Waals surface area contributed by atoms with Gasteiger partial charge in [-0.2, -0.15) is 0 Å². The van der Waals surface area contributed by atoms with Gasteiger partial charge in [-0.3, -0.25) is 14.4 Å². The molecule has 4 aromatic rings. The first kappa shape index (κ1) is 30.3. The quantitative estimate of drug-likeness (QED) is 0.134. The Kier molecular flexibility index (Phi) is 10.3. The molecule has 4 rings (SSSR count). The highest BCUT2D eigenvalue weighted by molar-refractivity contribution is 8.00. The number of anilines is 2. The minimum atomic E-state index is -0.456. The summed E-state index contributed by atoms with van der Waals surface area (Å²) in [6, 6.07) is 29.7. The van der Waals surface area contributed by atoms with Crippen LogP contribution in [-0.2, 0) is 9.59 Å². The minimum Gasteiger partial charge on any atom is -0.325 e. The predicted molar refractivity (Wildman–Crippen MR) is 173 cm³/mol. The number of benzene rings is 4. The molecule has 214 valence electrons. The Labute approximate surface area is 251 Å². The third kappa shape index (κ3) is 8.44. The molecule has 1 unspecified atom stereocenters. The van der Waals surface area contributed by atoms with Gasteiger partial charge >= 0.3 is 0 Å². The molecule has 0 fully saturated rings. The first-order chi connectivity index (χ1) is 20.2. The summed E-state index contributed by atoms with van der Waals surface area (Å²) in [5, 5.41) is 8.39. The fraction of sp³-hybridized carbons (Fsp3) is 0.171. The van der Waals surface area contributed by atoms with Crippen molar-refractivity contribution in [3.05, 3.63) is 131 Å². The number of hydrogen-bond donors (Lipinski definition) is 3. The normalized spacial score (nSPS) is 11.9. The second-order valence-electron chi connectivity index (χ2n) is 10.1. The molecule has 7 heteroatoms. The van der Waals surface area contributed by atoms with E-state index in [1.54, 1.807) is 36.4 Å². The van der Waals surface area contributed by atoms with Crippen LogP contribution >= 0.6 is 11.8 Å². The fourth-order valence-corrected chi connectivity index (χ4v) is 5.26. The summed E-state index contributed by atoms with van der Waals surface area (Å²) in [5.41, 5.74) is 6.01. The van der Waals surface area contributed by atoms with Crippen molar-refractivity contribution in [2.45, 2.75) is 44.3 Å². The number of amides is 3. The summed E-state index contributed by atoms with van der Waals surface area (Å²) in [7, 11) is 0. The Morgan fingerprint density at radius 1 is 0.762 bits per heavy atom. The van der Waals surface area contributed by atoms with Crippen molar-refractivity contribution in [1.29, 1.82) is 0 Å². The molecule has 0 bridgehead atoms. The van der Waals surface area contributed by atoms with Crippen LogP contribution in [0, 0.1) is 20.8 Å². The van der Waals surface area contributed by atoms with E-state index in [0.717, 1.165) is 27.3 Å². The maximum absolute atomic E-state index is 13.5. The van der Waals surface area contributed by atoms with E-state index in [1.807, 2.05) is 94.4 Å². The standard InChI is InChI=1S/C35H35N3O3S/c1-5-32(35(41)37-29-18-17-24(3)25(4)20-29)42-30-16-10-15-28(22-30)36-34(40)31(21-26-12-9-11-23(2)19-26)38-33(39)27-13-7-6-8-14-27/h6-22,32H,5H2,1-4H3,(H,36,40)(H,37,41)(H,38,39)/b31-21+. The lowest BCUT2D eigenvalue weighted by Gasteiger charge is -2.16. The van der Waals surface area contributed by atoms with Gasteiger partial charge in [0.15, 0.2) is 0 Å². The van der Waals surface area contributed by atoms with Crippen molar-refractivity contribution in [2.24, 2.45) is 0 Å². The van der Waals surface area contributed by atoms with Gasteiger partial charge in [0.05, 0.1) is 5.25 Å². The molecule has 0 aliphatic carbocycles. The maximum atomic E-state index is 13.5. The number of nitrogens with one attached hydrogen (secondary N) is 3. The molecule has 0 saturated carbocycles. The van der Waals surface area contributed by atoms with E-state index in [1.165, 1.54) is 17.3 Å².